The molecule has 8 heteroatoms. The third kappa shape index (κ3) is 3.87. The fraction of sp³-hybridized carbons (Fsp3) is 0.632. The van der Waals surface area contributed by atoms with E-state index in [4.69, 9.17) is 0 Å². The molecule has 3 atom stereocenters. The first-order valence-electron chi connectivity index (χ1n) is 9.46. The molecule has 2 aliphatic rings. The van der Waals surface area contributed by atoms with Crippen molar-refractivity contribution in [2.24, 2.45) is 5.92 Å². The molecule has 1 spiro atoms. The zero-order chi connectivity index (χ0) is 19.6. The second-order valence-corrected chi connectivity index (χ2v) is 8.72. The van der Waals surface area contributed by atoms with E-state index in [1.807, 2.05) is 43.4 Å². The average Bonchev–Trinajstić information content (AvgIpc) is 3.21. The lowest BCUT2D eigenvalue weighted by atomic mass is 9.73. The first-order chi connectivity index (χ1) is 12.8. The van der Waals surface area contributed by atoms with E-state index in [-0.39, 0.29) is 30.3 Å². The van der Waals surface area contributed by atoms with Crippen LogP contribution in [0.3, 0.4) is 0 Å². The monoisotopic (exact) mass is 392 g/mol. The maximum Gasteiger partial charge on any atom is 0.325 e. The molecular formula is C19H28N4O3S. The minimum atomic E-state index is -0.821. The van der Waals surface area contributed by atoms with Gasteiger partial charge in [0.2, 0.25) is 5.91 Å². The Morgan fingerprint density at radius 1 is 1.44 bits per heavy atom. The highest BCUT2D eigenvalue weighted by Gasteiger charge is 2.55. The van der Waals surface area contributed by atoms with E-state index in [1.165, 1.54) is 0 Å². The van der Waals surface area contributed by atoms with Gasteiger partial charge in [0.25, 0.3) is 5.91 Å². The largest absolute Gasteiger partial charge is 0.353 e. The van der Waals surface area contributed by atoms with Gasteiger partial charge in [-0.15, -0.1) is 11.3 Å². The van der Waals surface area contributed by atoms with Gasteiger partial charge in [0, 0.05) is 11.4 Å². The molecule has 3 unspecified atom stereocenters. The van der Waals surface area contributed by atoms with Gasteiger partial charge in [-0.3, -0.25) is 14.5 Å². The number of hydrogen-bond donors (Lipinski definition) is 2. The number of nitrogens with zero attached hydrogens (tertiary/aromatic N) is 2. The molecule has 1 aromatic rings. The zero-order valence-corrected chi connectivity index (χ0v) is 17.0. The van der Waals surface area contributed by atoms with Crippen LogP contribution >= 0.6 is 11.3 Å². The Morgan fingerprint density at radius 2 is 2.22 bits per heavy atom. The summed E-state index contributed by atoms with van der Waals surface area (Å²) < 4.78 is 0. The van der Waals surface area contributed by atoms with Crippen molar-refractivity contribution in [3.8, 4) is 0 Å². The van der Waals surface area contributed by atoms with Gasteiger partial charge in [0.15, 0.2) is 0 Å². The fourth-order valence-electron chi connectivity index (χ4n) is 4.07. The molecule has 2 heterocycles. The van der Waals surface area contributed by atoms with Crippen LogP contribution in [-0.2, 0) is 9.59 Å². The molecule has 0 bridgehead atoms. The van der Waals surface area contributed by atoms with Crippen molar-refractivity contribution in [2.75, 3.05) is 27.2 Å². The molecule has 4 amide bonds. The molecule has 1 saturated carbocycles. The molecule has 7 nitrogen and oxygen atoms in total. The van der Waals surface area contributed by atoms with Gasteiger partial charge in [-0.25, -0.2) is 4.79 Å². The molecule has 1 aliphatic heterocycles. The third-order valence-corrected chi connectivity index (χ3v) is 6.76. The first kappa shape index (κ1) is 19.8. The van der Waals surface area contributed by atoms with Crippen molar-refractivity contribution in [3.05, 3.63) is 22.4 Å². The Bertz CT molecular complexity index is 706. The maximum absolute atomic E-state index is 12.9. The number of rotatable bonds is 6. The van der Waals surface area contributed by atoms with Crippen molar-refractivity contribution in [1.82, 2.24) is 20.4 Å². The Kier molecular flexibility index (Phi) is 5.86. The van der Waals surface area contributed by atoms with Crippen LogP contribution in [-0.4, -0.2) is 60.4 Å². The summed E-state index contributed by atoms with van der Waals surface area (Å²) in [4.78, 5) is 42.0. The minimum absolute atomic E-state index is 0.0572. The summed E-state index contributed by atoms with van der Waals surface area (Å²) in [7, 11) is 3.92. The predicted molar refractivity (Wildman–Crippen MR) is 104 cm³/mol. The number of nitrogens with one attached hydrogen (secondary N) is 2. The van der Waals surface area contributed by atoms with Crippen LogP contribution in [0.15, 0.2) is 17.5 Å². The lowest BCUT2D eigenvalue weighted by Gasteiger charge is -2.36. The molecule has 148 valence electrons. The van der Waals surface area contributed by atoms with E-state index < -0.39 is 11.6 Å². The van der Waals surface area contributed by atoms with Gasteiger partial charge in [-0.2, -0.15) is 0 Å². The molecular weight excluding hydrogens is 364 g/mol. The van der Waals surface area contributed by atoms with Gasteiger partial charge in [0.1, 0.15) is 12.1 Å². The Morgan fingerprint density at radius 3 is 2.85 bits per heavy atom. The second-order valence-electron chi connectivity index (χ2n) is 7.74. The summed E-state index contributed by atoms with van der Waals surface area (Å²) in [5.74, 6) is -0.479. The molecule has 3 rings (SSSR count). The summed E-state index contributed by atoms with van der Waals surface area (Å²) in [5, 5.41) is 7.76. The highest BCUT2D eigenvalue weighted by molar-refractivity contribution is 7.10. The summed E-state index contributed by atoms with van der Waals surface area (Å²) in [5.41, 5.74) is -0.821. The van der Waals surface area contributed by atoms with Gasteiger partial charge < -0.3 is 15.5 Å². The molecule has 1 saturated heterocycles. The first-order valence-corrected chi connectivity index (χ1v) is 10.3. The van der Waals surface area contributed by atoms with E-state index in [9.17, 15) is 14.4 Å². The summed E-state index contributed by atoms with van der Waals surface area (Å²) in [6.07, 6.45) is 3.55. The summed E-state index contributed by atoms with van der Waals surface area (Å²) in [6, 6.07) is 3.62. The van der Waals surface area contributed by atoms with Crippen molar-refractivity contribution in [3.63, 3.8) is 0 Å². The van der Waals surface area contributed by atoms with Gasteiger partial charge in [0.05, 0.1) is 6.04 Å². The molecule has 2 fully saturated rings. The number of hydrogen-bond acceptors (Lipinski definition) is 5. The molecule has 0 radical (unpaired) electrons. The topological polar surface area (TPSA) is 81.8 Å². The Labute approximate surface area is 164 Å². The molecule has 2 N–H and O–H groups in total. The number of carbonyl (C=O) groups excluding carboxylic acids is 3. The van der Waals surface area contributed by atoms with Crippen molar-refractivity contribution < 1.29 is 14.4 Å². The van der Waals surface area contributed by atoms with E-state index in [0.29, 0.717) is 13.0 Å². The maximum atomic E-state index is 12.9. The second kappa shape index (κ2) is 7.98. The number of amides is 4. The average molecular weight is 393 g/mol. The number of thiophene rings is 1. The zero-order valence-electron chi connectivity index (χ0n) is 16.2. The van der Waals surface area contributed by atoms with Gasteiger partial charge in [-0.05, 0) is 44.3 Å². The van der Waals surface area contributed by atoms with E-state index in [1.54, 1.807) is 11.3 Å². The number of carbonyl (C=O) groups is 3. The van der Waals surface area contributed by atoms with E-state index in [2.05, 4.69) is 10.6 Å². The SMILES string of the molecule is CC1CCCCC12NC(=O)N(CC(=O)NCC(c1cccs1)N(C)C)C2=O. The number of imide groups is 1. The summed E-state index contributed by atoms with van der Waals surface area (Å²) in [6.45, 7) is 2.20. The van der Waals surface area contributed by atoms with Crippen molar-refractivity contribution >= 4 is 29.2 Å². The van der Waals surface area contributed by atoms with Crippen LogP contribution in [0.4, 0.5) is 4.79 Å². The predicted octanol–water partition coefficient (Wildman–Crippen LogP) is 1.97. The Hall–Kier alpha value is -1.93. The van der Waals surface area contributed by atoms with Crippen molar-refractivity contribution in [1.29, 1.82) is 0 Å². The fourth-order valence-corrected chi connectivity index (χ4v) is 4.99. The lowest BCUT2D eigenvalue weighted by Crippen LogP contribution is -2.54. The number of urea groups is 1. The minimum Gasteiger partial charge on any atom is -0.353 e. The van der Waals surface area contributed by atoms with Gasteiger partial charge in [-0.1, -0.05) is 25.8 Å². The molecule has 0 aromatic carbocycles. The van der Waals surface area contributed by atoms with Crippen LogP contribution in [0, 0.1) is 5.92 Å². The van der Waals surface area contributed by atoms with E-state index >= 15 is 0 Å². The van der Waals surface area contributed by atoms with Crippen molar-refractivity contribution in [2.45, 2.75) is 44.2 Å². The van der Waals surface area contributed by atoms with Gasteiger partial charge >= 0.3 is 6.03 Å². The van der Waals surface area contributed by atoms with Crippen LogP contribution < -0.4 is 10.6 Å². The van der Waals surface area contributed by atoms with Crippen LogP contribution in [0.5, 0.6) is 0 Å². The molecule has 1 aliphatic carbocycles. The highest BCUT2D eigenvalue weighted by Crippen LogP contribution is 2.38. The quantitative estimate of drug-likeness (QED) is 0.725. The van der Waals surface area contributed by atoms with Crippen LogP contribution in [0.25, 0.3) is 0 Å². The number of likely N-dealkylation sites (N-methyl/N-ethyl adjacent to an activating group) is 1. The molecule has 27 heavy (non-hydrogen) atoms. The summed E-state index contributed by atoms with van der Waals surface area (Å²) >= 11 is 1.64. The lowest BCUT2D eigenvalue weighted by molar-refractivity contribution is -0.137. The Balaban J connectivity index is 1.60. The molecule has 1 aromatic heterocycles. The van der Waals surface area contributed by atoms with E-state index in [0.717, 1.165) is 29.0 Å². The standard InChI is InChI=1S/C19H28N4O3S/c1-13-7-4-5-9-19(13)17(25)23(18(26)21-19)12-16(24)20-11-14(22(2)3)15-8-6-10-27-15/h6,8,10,13-14H,4-5,7,9,11-12H2,1-3H3,(H,20,24)(H,21,26). The normalized spacial score (nSPS) is 26.5. The smallest absolute Gasteiger partial charge is 0.325 e. The van der Waals surface area contributed by atoms with Crippen LogP contribution in [0.1, 0.15) is 43.5 Å². The third-order valence-electron chi connectivity index (χ3n) is 5.79. The highest BCUT2D eigenvalue weighted by atomic mass is 32.1. The van der Waals surface area contributed by atoms with Crippen LogP contribution in [0.2, 0.25) is 0 Å².